The zero-order valence-corrected chi connectivity index (χ0v) is 9.57. The highest BCUT2D eigenvalue weighted by molar-refractivity contribution is 7.22. The SMILES string of the molecule is Fc1ccc(-c2cc3sc(Cl)nc3[nH]2)cc1. The van der Waals surface area contributed by atoms with Gasteiger partial charge in [0.25, 0.3) is 0 Å². The van der Waals surface area contributed by atoms with Gasteiger partial charge in [0.15, 0.2) is 10.1 Å². The molecule has 0 atom stereocenters. The Morgan fingerprint density at radius 1 is 1.25 bits per heavy atom. The summed E-state index contributed by atoms with van der Waals surface area (Å²) < 4.78 is 14.3. The third-order valence-corrected chi connectivity index (χ3v) is 3.42. The third kappa shape index (κ3) is 1.60. The molecule has 0 bridgehead atoms. The predicted molar refractivity (Wildman–Crippen MR) is 64.4 cm³/mol. The van der Waals surface area contributed by atoms with E-state index in [9.17, 15) is 4.39 Å². The minimum atomic E-state index is -0.238. The maximum Gasteiger partial charge on any atom is 0.186 e. The number of halogens is 2. The van der Waals surface area contributed by atoms with E-state index in [1.807, 2.05) is 6.07 Å². The maximum absolute atomic E-state index is 12.8. The normalized spacial score (nSPS) is 11.1. The zero-order valence-electron chi connectivity index (χ0n) is 8.00. The molecule has 0 saturated carbocycles. The summed E-state index contributed by atoms with van der Waals surface area (Å²) in [6.45, 7) is 0. The fourth-order valence-electron chi connectivity index (χ4n) is 1.57. The van der Waals surface area contributed by atoms with Crippen LogP contribution in [0.25, 0.3) is 21.6 Å². The molecule has 0 spiro atoms. The molecule has 80 valence electrons. The molecule has 0 aliphatic heterocycles. The van der Waals surface area contributed by atoms with E-state index in [1.54, 1.807) is 12.1 Å². The molecule has 16 heavy (non-hydrogen) atoms. The van der Waals surface area contributed by atoms with Gasteiger partial charge in [-0.15, -0.1) is 11.3 Å². The Morgan fingerprint density at radius 2 is 2.00 bits per heavy atom. The zero-order chi connectivity index (χ0) is 11.1. The van der Waals surface area contributed by atoms with Crippen molar-refractivity contribution >= 4 is 33.3 Å². The summed E-state index contributed by atoms with van der Waals surface area (Å²) in [7, 11) is 0. The van der Waals surface area contributed by atoms with Crippen LogP contribution in [0.1, 0.15) is 0 Å². The van der Waals surface area contributed by atoms with Gasteiger partial charge >= 0.3 is 0 Å². The topological polar surface area (TPSA) is 28.7 Å². The van der Waals surface area contributed by atoms with Crippen LogP contribution in [0.15, 0.2) is 30.3 Å². The monoisotopic (exact) mass is 252 g/mol. The molecule has 0 saturated heterocycles. The van der Waals surface area contributed by atoms with E-state index in [1.165, 1.54) is 23.5 Å². The Labute approximate surface area is 99.7 Å². The molecule has 3 aromatic rings. The molecule has 3 rings (SSSR count). The molecule has 2 heterocycles. The van der Waals surface area contributed by atoms with E-state index in [0.29, 0.717) is 4.47 Å². The van der Waals surface area contributed by atoms with Crippen molar-refractivity contribution < 1.29 is 4.39 Å². The van der Waals surface area contributed by atoms with E-state index in [4.69, 9.17) is 11.6 Å². The lowest BCUT2D eigenvalue weighted by Crippen LogP contribution is -1.78. The van der Waals surface area contributed by atoms with Crippen molar-refractivity contribution in [1.29, 1.82) is 0 Å². The van der Waals surface area contributed by atoms with Gasteiger partial charge in [-0.05, 0) is 35.9 Å². The number of hydrogen-bond acceptors (Lipinski definition) is 2. The summed E-state index contributed by atoms with van der Waals surface area (Å²) in [6, 6.07) is 8.29. The molecule has 1 aromatic carbocycles. The molecular weight excluding hydrogens is 247 g/mol. The minimum absolute atomic E-state index is 0.238. The van der Waals surface area contributed by atoms with Crippen molar-refractivity contribution in [2.45, 2.75) is 0 Å². The fraction of sp³-hybridized carbons (Fsp3) is 0. The van der Waals surface area contributed by atoms with Gasteiger partial charge in [-0.2, -0.15) is 0 Å². The van der Waals surface area contributed by atoms with Crippen LogP contribution in [0.5, 0.6) is 0 Å². The number of H-pyrrole nitrogens is 1. The number of aromatic amines is 1. The number of benzene rings is 1. The Balaban J connectivity index is 2.11. The second-order valence-electron chi connectivity index (χ2n) is 3.37. The van der Waals surface area contributed by atoms with E-state index < -0.39 is 0 Å². The summed E-state index contributed by atoms with van der Waals surface area (Å²) in [5.41, 5.74) is 2.63. The quantitative estimate of drug-likeness (QED) is 0.694. The van der Waals surface area contributed by atoms with Crippen molar-refractivity contribution in [3.05, 3.63) is 40.6 Å². The van der Waals surface area contributed by atoms with Crippen LogP contribution in [0, 0.1) is 5.82 Å². The van der Waals surface area contributed by atoms with Crippen LogP contribution in [0.3, 0.4) is 0 Å². The predicted octanol–water partition coefficient (Wildman–Crippen LogP) is 4.08. The highest BCUT2D eigenvalue weighted by Crippen LogP contribution is 2.30. The van der Waals surface area contributed by atoms with Crippen molar-refractivity contribution in [3.63, 3.8) is 0 Å². The van der Waals surface area contributed by atoms with Crippen molar-refractivity contribution in [3.8, 4) is 11.3 Å². The molecule has 0 radical (unpaired) electrons. The summed E-state index contributed by atoms with van der Waals surface area (Å²) in [5, 5.41) is 0. The Kier molecular flexibility index (Phi) is 2.19. The molecule has 0 aliphatic rings. The lowest BCUT2D eigenvalue weighted by molar-refractivity contribution is 0.628. The average Bonchev–Trinajstić information content (AvgIpc) is 2.75. The van der Waals surface area contributed by atoms with Gasteiger partial charge in [0.2, 0.25) is 0 Å². The van der Waals surface area contributed by atoms with E-state index >= 15 is 0 Å². The van der Waals surface area contributed by atoms with Crippen LogP contribution in [0.4, 0.5) is 4.39 Å². The van der Waals surface area contributed by atoms with Crippen LogP contribution in [-0.4, -0.2) is 9.97 Å². The lowest BCUT2D eigenvalue weighted by atomic mass is 10.1. The van der Waals surface area contributed by atoms with Gasteiger partial charge in [0.1, 0.15) is 5.82 Å². The number of nitrogens with one attached hydrogen (secondary N) is 1. The van der Waals surface area contributed by atoms with E-state index in [0.717, 1.165) is 21.6 Å². The van der Waals surface area contributed by atoms with Crippen molar-refractivity contribution in [2.75, 3.05) is 0 Å². The van der Waals surface area contributed by atoms with E-state index in [2.05, 4.69) is 9.97 Å². The summed E-state index contributed by atoms with van der Waals surface area (Å²) in [4.78, 5) is 7.28. The number of fused-ring (bicyclic) bond motifs is 1. The first-order valence-electron chi connectivity index (χ1n) is 4.63. The van der Waals surface area contributed by atoms with Crippen LogP contribution in [-0.2, 0) is 0 Å². The molecule has 2 nitrogen and oxygen atoms in total. The maximum atomic E-state index is 12.8. The first kappa shape index (κ1) is 9.81. The molecule has 0 aliphatic carbocycles. The van der Waals surface area contributed by atoms with Crippen LogP contribution >= 0.6 is 22.9 Å². The van der Waals surface area contributed by atoms with Gasteiger partial charge in [-0.25, -0.2) is 9.37 Å². The smallest absolute Gasteiger partial charge is 0.186 e. The van der Waals surface area contributed by atoms with Gasteiger partial charge < -0.3 is 4.98 Å². The van der Waals surface area contributed by atoms with Gasteiger partial charge in [-0.3, -0.25) is 0 Å². The second-order valence-corrected chi connectivity index (χ2v) is 4.98. The van der Waals surface area contributed by atoms with Crippen LogP contribution < -0.4 is 0 Å². The molecule has 0 amide bonds. The second kappa shape index (κ2) is 3.57. The van der Waals surface area contributed by atoms with Crippen molar-refractivity contribution in [1.82, 2.24) is 9.97 Å². The summed E-state index contributed by atoms with van der Waals surface area (Å²) >= 11 is 7.20. The standard InChI is InChI=1S/C11H6ClFN2S/c12-11-15-10-9(16-11)5-8(14-10)6-1-3-7(13)4-2-6/h1-5,14H. The highest BCUT2D eigenvalue weighted by Gasteiger charge is 2.07. The Hall–Kier alpha value is -1.39. The van der Waals surface area contributed by atoms with Gasteiger partial charge in [0, 0.05) is 5.69 Å². The average molecular weight is 253 g/mol. The molecule has 2 aromatic heterocycles. The number of rotatable bonds is 1. The first-order chi connectivity index (χ1) is 7.72. The molecule has 1 N–H and O–H groups in total. The number of hydrogen-bond donors (Lipinski definition) is 1. The number of nitrogens with zero attached hydrogens (tertiary/aromatic N) is 1. The molecule has 0 unspecified atom stereocenters. The van der Waals surface area contributed by atoms with Crippen molar-refractivity contribution in [2.24, 2.45) is 0 Å². The number of thiazole rings is 1. The Bertz CT molecular complexity index is 610. The first-order valence-corrected chi connectivity index (χ1v) is 5.83. The third-order valence-electron chi connectivity index (χ3n) is 2.31. The van der Waals surface area contributed by atoms with Gasteiger partial charge in [0.05, 0.1) is 4.70 Å². The lowest BCUT2D eigenvalue weighted by Gasteiger charge is -1.96. The molecule has 5 heteroatoms. The minimum Gasteiger partial charge on any atom is -0.338 e. The molecule has 0 fully saturated rings. The summed E-state index contributed by atoms with van der Waals surface area (Å²) in [5.74, 6) is -0.238. The number of aromatic nitrogens is 2. The highest BCUT2D eigenvalue weighted by atomic mass is 35.5. The Morgan fingerprint density at radius 3 is 2.69 bits per heavy atom. The van der Waals surface area contributed by atoms with Gasteiger partial charge in [-0.1, -0.05) is 11.6 Å². The molecular formula is C11H6ClFN2S. The largest absolute Gasteiger partial charge is 0.338 e. The summed E-state index contributed by atoms with van der Waals surface area (Å²) in [6.07, 6.45) is 0. The van der Waals surface area contributed by atoms with Crippen LogP contribution in [0.2, 0.25) is 4.47 Å². The van der Waals surface area contributed by atoms with E-state index in [-0.39, 0.29) is 5.82 Å². The fourth-order valence-corrected chi connectivity index (χ4v) is 2.59.